The van der Waals surface area contributed by atoms with E-state index in [0.717, 1.165) is 23.4 Å². The number of halogens is 3. The van der Waals surface area contributed by atoms with Gasteiger partial charge in [0, 0.05) is 22.2 Å². The number of hydrogen-bond donors (Lipinski definition) is 3. The number of nitrogens with zero attached hydrogens (tertiary/aromatic N) is 1. The monoisotopic (exact) mass is 567 g/mol. The minimum absolute atomic E-state index is 0.0731. The molecule has 0 spiro atoms. The Morgan fingerprint density at radius 3 is 2.31 bits per heavy atom. The average Bonchev–Trinajstić information content (AvgIpc) is 2.87. The number of thioether (sulfide) groups is 1. The number of nitrogens with two attached hydrogens (primary N) is 1. The third-order valence-corrected chi connectivity index (χ3v) is 6.58. The Labute approximate surface area is 229 Å². The van der Waals surface area contributed by atoms with Crippen molar-refractivity contribution in [2.75, 3.05) is 19.0 Å². The molecule has 212 valence electrons. The lowest BCUT2D eigenvalue weighted by atomic mass is 10.1. The SMILES string of the molecule is CCCCOC(=Nc1ccc(SC(C)(C)C(=O)O)cc1)/C(C)=C(\N)C(=O)Nc1cc(OC)cc(C(F)(F)F)c1. The Morgan fingerprint density at radius 1 is 1.13 bits per heavy atom. The number of nitrogens with one attached hydrogen (secondary N) is 1. The molecule has 0 saturated carbocycles. The number of carbonyl (C=O) groups excluding carboxylic acids is 1. The second kappa shape index (κ2) is 13.4. The number of methoxy groups -OCH3 is 1. The van der Waals surface area contributed by atoms with Crippen molar-refractivity contribution in [1.82, 2.24) is 0 Å². The van der Waals surface area contributed by atoms with Gasteiger partial charge in [0.05, 0.1) is 25.0 Å². The molecule has 0 saturated heterocycles. The summed E-state index contributed by atoms with van der Waals surface area (Å²) in [6.45, 7) is 6.99. The van der Waals surface area contributed by atoms with Crippen molar-refractivity contribution in [1.29, 1.82) is 0 Å². The molecule has 0 aliphatic rings. The number of aliphatic imine (C=N–C) groups is 1. The van der Waals surface area contributed by atoms with Crippen molar-refractivity contribution < 1.29 is 37.3 Å². The molecular formula is C27H32F3N3O5S. The first kappa shape index (κ1) is 31.5. The Kier molecular flexibility index (Phi) is 10.8. The van der Waals surface area contributed by atoms with Crippen LogP contribution in [0.1, 0.15) is 46.1 Å². The molecule has 0 radical (unpaired) electrons. The summed E-state index contributed by atoms with van der Waals surface area (Å²) in [6.07, 6.45) is -3.09. The van der Waals surface area contributed by atoms with Gasteiger partial charge in [-0.05, 0) is 63.6 Å². The predicted octanol–water partition coefficient (Wildman–Crippen LogP) is 6.39. The lowest BCUT2D eigenvalue weighted by Crippen LogP contribution is -2.26. The summed E-state index contributed by atoms with van der Waals surface area (Å²) in [7, 11) is 1.22. The summed E-state index contributed by atoms with van der Waals surface area (Å²) in [4.78, 5) is 29.4. The summed E-state index contributed by atoms with van der Waals surface area (Å²) < 4.78 is 49.4. The van der Waals surface area contributed by atoms with Gasteiger partial charge in [0.2, 0.25) is 5.90 Å². The molecule has 4 N–H and O–H groups in total. The average molecular weight is 568 g/mol. The molecule has 1 amide bonds. The molecule has 2 aromatic carbocycles. The number of ether oxygens (including phenoxy) is 2. The van der Waals surface area contributed by atoms with Crippen LogP contribution in [-0.2, 0) is 20.5 Å². The van der Waals surface area contributed by atoms with Crippen LogP contribution in [0.4, 0.5) is 24.5 Å². The highest BCUT2D eigenvalue weighted by Crippen LogP contribution is 2.35. The van der Waals surface area contributed by atoms with E-state index in [9.17, 15) is 27.9 Å². The van der Waals surface area contributed by atoms with E-state index in [1.54, 1.807) is 38.1 Å². The summed E-state index contributed by atoms with van der Waals surface area (Å²) in [5, 5.41) is 11.7. The van der Waals surface area contributed by atoms with Gasteiger partial charge in [-0.25, -0.2) is 4.99 Å². The minimum Gasteiger partial charge on any atom is -0.497 e. The van der Waals surface area contributed by atoms with Crippen LogP contribution in [0.25, 0.3) is 0 Å². The fourth-order valence-corrected chi connectivity index (χ4v) is 3.97. The fourth-order valence-electron chi connectivity index (χ4n) is 3.02. The number of alkyl halides is 3. The summed E-state index contributed by atoms with van der Waals surface area (Å²) in [5.74, 6) is -1.80. The van der Waals surface area contributed by atoms with E-state index in [1.807, 2.05) is 6.92 Å². The van der Waals surface area contributed by atoms with Gasteiger partial charge in [0.25, 0.3) is 5.91 Å². The smallest absolute Gasteiger partial charge is 0.416 e. The van der Waals surface area contributed by atoms with Crippen LogP contribution in [0.15, 0.2) is 63.6 Å². The molecule has 0 aromatic heterocycles. The zero-order chi connectivity index (χ0) is 29.4. The van der Waals surface area contributed by atoms with Crippen molar-refractivity contribution in [3.05, 3.63) is 59.3 Å². The number of aliphatic carboxylic acids is 1. The Morgan fingerprint density at radius 2 is 1.77 bits per heavy atom. The van der Waals surface area contributed by atoms with Gasteiger partial charge < -0.3 is 25.6 Å². The van der Waals surface area contributed by atoms with Crippen molar-refractivity contribution in [2.45, 2.75) is 56.4 Å². The number of rotatable bonds is 11. The maximum absolute atomic E-state index is 13.2. The minimum atomic E-state index is -4.64. The lowest BCUT2D eigenvalue weighted by Gasteiger charge is -2.18. The van der Waals surface area contributed by atoms with Crippen LogP contribution in [0, 0.1) is 0 Å². The molecule has 0 atom stereocenters. The van der Waals surface area contributed by atoms with Gasteiger partial charge in [-0.1, -0.05) is 13.3 Å². The van der Waals surface area contributed by atoms with E-state index >= 15 is 0 Å². The van der Waals surface area contributed by atoms with Crippen molar-refractivity contribution in [3.8, 4) is 5.75 Å². The molecule has 0 aliphatic heterocycles. The Balaban J connectivity index is 2.36. The molecule has 8 nitrogen and oxygen atoms in total. The van der Waals surface area contributed by atoms with Crippen molar-refractivity contribution >= 4 is 40.9 Å². The van der Waals surface area contributed by atoms with Gasteiger partial charge >= 0.3 is 12.1 Å². The first-order chi connectivity index (χ1) is 18.2. The molecule has 0 bridgehead atoms. The molecule has 0 aliphatic carbocycles. The molecule has 2 aromatic rings. The number of benzene rings is 2. The third kappa shape index (κ3) is 9.24. The topological polar surface area (TPSA) is 123 Å². The van der Waals surface area contributed by atoms with Gasteiger partial charge in [-0.15, -0.1) is 11.8 Å². The zero-order valence-corrected chi connectivity index (χ0v) is 23.1. The van der Waals surface area contributed by atoms with Crippen LogP contribution in [0.2, 0.25) is 0 Å². The third-order valence-electron chi connectivity index (χ3n) is 5.39. The van der Waals surface area contributed by atoms with E-state index in [-0.39, 0.29) is 28.6 Å². The maximum atomic E-state index is 13.2. The van der Waals surface area contributed by atoms with E-state index in [0.29, 0.717) is 18.7 Å². The standard InChI is InChI=1S/C27H32F3N3O5S/c1-6-7-12-38-24(33-18-8-10-21(11-9-18)39-26(3,4)25(35)36)16(2)22(31)23(34)32-19-13-17(27(28,29)30)14-20(15-19)37-5/h8-11,13-15H,6-7,12,31H2,1-5H3,(H,32,34)(H,35,36)/b22-16-,33-24?. The second-order valence-corrected chi connectivity index (χ2v) is 10.7. The summed E-state index contributed by atoms with van der Waals surface area (Å²) >= 11 is 1.18. The van der Waals surface area contributed by atoms with Crippen LogP contribution < -0.4 is 15.8 Å². The molecule has 0 unspecified atom stereocenters. The quantitative estimate of drug-likeness (QED) is 0.0946. The van der Waals surface area contributed by atoms with Crippen LogP contribution in [0.5, 0.6) is 5.75 Å². The van der Waals surface area contributed by atoms with E-state index in [4.69, 9.17) is 15.2 Å². The highest BCUT2D eigenvalue weighted by molar-refractivity contribution is 8.01. The fraction of sp³-hybridized carbons (Fsp3) is 0.370. The Bertz CT molecular complexity index is 1240. The zero-order valence-electron chi connectivity index (χ0n) is 22.3. The number of carboxylic acids is 1. The highest BCUT2D eigenvalue weighted by Gasteiger charge is 2.32. The first-order valence-corrected chi connectivity index (χ1v) is 12.8. The number of amides is 1. The summed E-state index contributed by atoms with van der Waals surface area (Å²) in [6, 6.07) is 9.61. The highest BCUT2D eigenvalue weighted by atomic mass is 32.2. The molecule has 0 heterocycles. The lowest BCUT2D eigenvalue weighted by molar-refractivity contribution is -0.139. The van der Waals surface area contributed by atoms with Gasteiger partial charge in [-0.3, -0.25) is 9.59 Å². The van der Waals surface area contributed by atoms with E-state index < -0.39 is 28.4 Å². The van der Waals surface area contributed by atoms with Crippen molar-refractivity contribution in [3.63, 3.8) is 0 Å². The number of carbonyl (C=O) groups is 2. The summed E-state index contributed by atoms with van der Waals surface area (Å²) in [5.41, 5.74) is 5.30. The molecule has 2 rings (SSSR count). The molecular weight excluding hydrogens is 535 g/mol. The van der Waals surface area contributed by atoms with Gasteiger partial charge in [0.1, 0.15) is 16.2 Å². The van der Waals surface area contributed by atoms with Gasteiger partial charge in [0.15, 0.2) is 0 Å². The maximum Gasteiger partial charge on any atom is 0.416 e. The molecule has 0 fully saturated rings. The van der Waals surface area contributed by atoms with E-state index in [1.165, 1.54) is 31.9 Å². The van der Waals surface area contributed by atoms with Crippen molar-refractivity contribution in [2.24, 2.45) is 10.7 Å². The molecule has 39 heavy (non-hydrogen) atoms. The van der Waals surface area contributed by atoms with Crippen LogP contribution in [-0.4, -0.2) is 41.3 Å². The number of hydrogen-bond acceptors (Lipinski definition) is 7. The largest absolute Gasteiger partial charge is 0.497 e. The second-order valence-electron chi connectivity index (χ2n) is 8.97. The van der Waals surface area contributed by atoms with Crippen LogP contribution >= 0.6 is 11.8 Å². The van der Waals surface area contributed by atoms with E-state index in [2.05, 4.69) is 10.3 Å². The normalized spacial score (nSPS) is 13.0. The number of anilines is 1. The number of unbranched alkanes of at least 4 members (excludes halogenated alkanes) is 1. The van der Waals surface area contributed by atoms with Gasteiger partial charge in [-0.2, -0.15) is 13.2 Å². The predicted molar refractivity (Wildman–Crippen MR) is 145 cm³/mol. The van der Waals surface area contributed by atoms with Crippen LogP contribution in [0.3, 0.4) is 0 Å². The Hall–Kier alpha value is -3.67. The number of carboxylic acid groups (broad SMARTS) is 1. The first-order valence-electron chi connectivity index (χ1n) is 12.0. The molecule has 12 heteroatoms.